The molecule has 1 aromatic carbocycles. The van der Waals surface area contributed by atoms with E-state index in [1.54, 1.807) is 29.2 Å². The first-order chi connectivity index (χ1) is 14.5. The van der Waals surface area contributed by atoms with Crippen molar-refractivity contribution in [3.8, 4) is 0 Å². The van der Waals surface area contributed by atoms with Crippen molar-refractivity contribution in [1.82, 2.24) is 19.3 Å². The molecule has 160 valence electrons. The number of hydrogen-bond acceptors (Lipinski definition) is 6. The summed E-state index contributed by atoms with van der Waals surface area (Å²) in [6, 6.07) is 6.09. The molecule has 1 atom stereocenters. The minimum atomic E-state index is -3.50. The van der Waals surface area contributed by atoms with Gasteiger partial charge in [0.05, 0.1) is 4.90 Å². The Morgan fingerprint density at radius 1 is 0.967 bits per heavy atom. The van der Waals surface area contributed by atoms with E-state index in [1.807, 2.05) is 0 Å². The lowest BCUT2D eigenvalue weighted by Crippen LogP contribution is -2.35. The van der Waals surface area contributed by atoms with Crippen molar-refractivity contribution < 1.29 is 17.7 Å². The average Bonchev–Trinajstić information content (AvgIpc) is 3.31. The summed E-state index contributed by atoms with van der Waals surface area (Å²) in [5.41, 5.74) is 0.474. The van der Waals surface area contributed by atoms with Crippen LogP contribution in [0.1, 0.15) is 79.0 Å². The molecule has 0 spiro atoms. The predicted molar refractivity (Wildman–Crippen MR) is 108 cm³/mol. The molecule has 1 saturated carbocycles. The maximum atomic E-state index is 13.1. The zero-order valence-corrected chi connectivity index (χ0v) is 17.7. The summed E-state index contributed by atoms with van der Waals surface area (Å²) in [4.78, 5) is 19.6. The van der Waals surface area contributed by atoms with E-state index in [1.165, 1.54) is 4.31 Å². The lowest BCUT2D eigenvalue weighted by atomic mass is 10.1. The van der Waals surface area contributed by atoms with Gasteiger partial charge >= 0.3 is 0 Å². The number of carbonyl (C=O) groups is 1. The van der Waals surface area contributed by atoms with Crippen LogP contribution in [-0.4, -0.2) is 53.3 Å². The van der Waals surface area contributed by atoms with E-state index < -0.39 is 10.0 Å². The van der Waals surface area contributed by atoms with E-state index in [4.69, 9.17) is 4.52 Å². The lowest BCUT2D eigenvalue weighted by molar-refractivity contribution is 0.0710. The molecule has 3 heterocycles. The first-order valence-corrected chi connectivity index (χ1v) is 12.2. The number of aromatic nitrogens is 2. The van der Waals surface area contributed by atoms with Crippen LogP contribution in [0, 0.1) is 0 Å². The van der Waals surface area contributed by atoms with Gasteiger partial charge in [-0.1, -0.05) is 11.6 Å². The molecule has 2 saturated heterocycles. The lowest BCUT2D eigenvalue weighted by Gasteiger charge is -2.26. The van der Waals surface area contributed by atoms with Crippen molar-refractivity contribution >= 4 is 15.9 Å². The van der Waals surface area contributed by atoms with Crippen molar-refractivity contribution in [3.63, 3.8) is 0 Å². The van der Waals surface area contributed by atoms with Gasteiger partial charge in [0.1, 0.15) is 6.04 Å². The van der Waals surface area contributed by atoms with E-state index in [-0.39, 0.29) is 16.8 Å². The highest BCUT2D eigenvalue weighted by molar-refractivity contribution is 7.89. The van der Waals surface area contributed by atoms with Gasteiger partial charge in [0, 0.05) is 31.1 Å². The van der Waals surface area contributed by atoms with Crippen LogP contribution in [0.15, 0.2) is 33.7 Å². The van der Waals surface area contributed by atoms with E-state index in [0.29, 0.717) is 37.0 Å². The van der Waals surface area contributed by atoms with Crippen molar-refractivity contribution in [3.05, 3.63) is 41.5 Å². The average molecular weight is 431 g/mol. The van der Waals surface area contributed by atoms with Crippen LogP contribution in [0.25, 0.3) is 0 Å². The summed E-state index contributed by atoms with van der Waals surface area (Å²) in [6.07, 6.45) is 6.71. The molecule has 30 heavy (non-hydrogen) atoms. The fourth-order valence-electron chi connectivity index (χ4n) is 4.35. The summed E-state index contributed by atoms with van der Waals surface area (Å²) in [7, 11) is -3.50. The van der Waals surface area contributed by atoms with Crippen LogP contribution >= 0.6 is 0 Å². The van der Waals surface area contributed by atoms with Crippen LogP contribution in [0.4, 0.5) is 0 Å². The van der Waals surface area contributed by atoms with E-state index >= 15 is 0 Å². The third-order valence-corrected chi connectivity index (χ3v) is 8.17. The maximum Gasteiger partial charge on any atom is 0.254 e. The Bertz CT molecular complexity index is 1020. The standard InChI is InChI=1S/C21H26N4O4S/c26-21(25-14-4-5-18(25)20-22-19(23-29-20)15-6-7-15)16-8-10-17(11-9-16)30(27,28)24-12-2-1-3-13-24/h8-11,15,18H,1-7,12-14H2. The van der Waals surface area contributed by atoms with Crippen LogP contribution in [0.3, 0.4) is 0 Å². The zero-order chi connectivity index (χ0) is 20.7. The molecular formula is C21H26N4O4S. The van der Waals surface area contributed by atoms with Crippen molar-refractivity contribution in [2.45, 2.75) is 61.8 Å². The fraction of sp³-hybridized carbons (Fsp3) is 0.571. The molecule has 9 heteroatoms. The molecule has 0 bridgehead atoms. The summed E-state index contributed by atoms with van der Waals surface area (Å²) < 4.78 is 32.6. The number of amides is 1. The molecule has 3 fully saturated rings. The largest absolute Gasteiger partial charge is 0.337 e. The zero-order valence-electron chi connectivity index (χ0n) is 16.9. The molecule has 1 amide bonds. The number of sulfonamides is 1. The van der Waals surface area contributed by atoms with Gasteiger partial charge in [-0.2, -0.15) is 9.29 Å². The summed E-state index contributed by atoms with van der Waals surface area (Å²) >= 11 is 0. The summed E-state index contributed by atoms with van der Waals surface area (Å²) in [5.74, 6) is 1.52. The topological polar surface area (TPSA) is 96.6 Å². The van der Waals surface area contributed by atoms with Crippen LogP contribution in [0.5, 0.6) is 0 Å². The highest BCUT2D eigenvalue weighted by Gasteiger charge is 2.37. The molecule has 1 aromatic heterocycles. The van der Waals surface area contributed by atoms with Gasteiger partial charge in [0.25, 0.3) is 5.91 Å². The number of rotatable bonds is 5. The monoisotopic (exact) mass is 430 g/mol. The van der Waals surface area contributed by atoms with E-state index in [2.05, 4.69) is 10.1 Å². The minimum absolute atomic E-state index is 0.134. The number of hydrogen-bond donors (Lipinski definition) is 0. The first-order valence-electron chi connectivity index (χ1n) is 10.8. The Balaban J connectivity index is 1.32. The molecule has 0 radical (unpaired) electrons. The number of benzene rings is 1. The second-order valence-electron chi connectivity index (χ2n) is 8.41. The first kappa shape index (κ1) is 19.7. The highest BCUT2D eigenvalue weighted by Crippen LogP contribution is 2.40. The molecule has 2 aliphatic heterocycles. The van der Waals surface area contributed by atoms with E-state index in [9.17, 15) is 13.2 Å². The fourth-order valence-corrected chi connectivity index (χ4v) is 5.86. The molecule has 5 rings (SSSR count). The summed E-state index contributed by atoms with van der Waals surface area (Å²) in [6.45, 7) is 1.75. The number of nitrogens with zero attached hydrogens (tertiary/aromatic N) is 4. The van der Waals surface area contributed by atoms with E-state index in [0.717, 1.165) is 50.8 Å². The molecule has 1 unspecified atom stereocenters. The third-order valence-electron chi connectivity index (χ3n) is 6.25. The minimum Gasteiger partial charge on any atom is -0.337 e. The van der Waals surface area contributed by atoms with Gasteiger partial charge in [-0.25, -0.2) is 8.42 Å². The Hall–Kier alpha value is -2.26. The SMILES string of the molecule is O=C(c1ccc(S(=O)(=O)N2CCCCC2)cc1)N1CCCC1c1nc(C2CC2)no1. The van der Waals surface area contributed by atoms with Gasteiger partial charge in [-0.15, -0.1) is 0 Å². The van der Waals surface area contributed by atoms with Crippen LogP contribution in [-0.2, 0) is 10.0 Å². The summed E-state index contributed by atoms with van der Waals surface area (Å²) in [5, 5.41) is 4.08. The van der Waals surface area contributed by atoms with Gasteiger partial charge in [0.15, 0.2) is 5.82 Å². The molecule has 1 aliphatic carbocycles. The quantitative estimate of drug-likeness (QED) is 0.723. The third kappa shape index (κ3) is 3.65. The van der Waals surface area contributed by atoms with Crippen molar-refractivity contribution in [2.24, 2.45) is 0 Å². The van der Waals surface area contributed by atoms with Crippen LogP contribution in [0.2, 0.25) is 0 Å². The number of carbonyl (C=O) groups excluding carboxylic acids is 1. The van der Waals surface area contributed by atoms with Crippen LogP contribution < -0.4 is 0 Å². The molecule has 8 nitrogen and oxygen atoms in total. The number of piperidine rings is 1. The van der Waals surface area contributed by atoms with Gasteiger partial charge < -0.3 is 9.42 Å². The Kier molecular flexibility index (Phi) is 5.10. The predicted octanol–water partition coefficient (Wildman–Crippen LogP) is 3.10. The molecule has 3 aliphatic rings. The highest BCUT2D eigenvalue weighted by atomic mass is 32.2. The molecule has 2 aromatic rings. The second-order valence-corrected chi connectivity index (χ2v) is 10.3. The van der Waals surface area contributed by atoms with Gasteiger partial charge in [-0.05, 0) is 62.8 Å². The maximum absolute atomic E-state index is 13.1. The molecule has 0 N–H and O–H groups in total. The van der Waals surface area contributed by atoms with Gasteiger partial charge in [-0.3, -0.25) is 4.79 Å². The molecular weight excluding hydrogens is 404 g/mol. The van der Waals surface area contributed by atoms with Crippen molar-refractivity contribution in [2.75, 3.05) is 19.6 Å². The van der Waals surface area contributed by atoms with Gasteiger partial charge in [0.2, 0.25) is 15.9 Å². The normalized spacial score (nSPS) is 23.1. The Morgan fingerprint density at radius 3 is 2.40 bits per heavy atom. The Morgan fingerprint density at radius 2 is 1.70 bits per heavy atom. The Labute approximate surface area is 176 Å². The van der Waals surface area contributed by atoms with Crippen molar-refractivity contribution in [1.29, 1.82) is 0 Å². The number of likely N-dealkylation sites (tertiary alicyclic amines) is 1. The second kappa shape index (κ2) is 7.77. The smallest absolute Gasteiger partial charge is 0.254 e.